The second-order valence-corrected chi connectivity index (χ2v) is 4.79. The Hall–Kier alpha value is -2.56. The number of hydrogen-bond acceptors (Lipinski definition) is 3. The number of hydrogen-bond donors (Lipinski definition) is 1. The molecule has 0 heterocycles. The van der Waals surface area contributed by atoms with E-state index in [4.69, 9.17) is 9.84 Å². The van der Waals surface area contributed by atoms with Gasteiger partial charge in [0.2, 0.25) is 0 Å². The van der Waals surface area contributed by atoms with Crippen LogP contribution in [0.1, 0.15) is 15.9 Å². The summed E-state index contributed by atoms with van der Waals surface area (Å²) in [5.74, 6) is -1.12. The average Bonchev–Trinajstić information content (AvgIpc) is 2.46. The van der Waals surface area contributed by atoms with Crippen LogP contribution in [0.3, 0.4) is 0 Å². The number of carboxylic acids is 1. The summed E-state index contributed by atoms with van der Waals surface area (Å²) in [7, 11) is 3.84. The van der Waals surface area contributed by atoms with Crippen molar-refractivity contribution in [3.05, 3.63) is 59.4 Å². The molecule has 5 heteroatoms. The molecule has 0 fully saturated rings. The van der Waals surface area contributed by atoms with Gasteiger partial charge in [0.1, 0.15) is 18.2 Å². The van der Waals surface area contributed by atoms with Crippen molar-refractivity contribution in [3.63, 3.8) is 0 Å². The van der Waals surface area contributed by atoms with Crippen molar-refractivity contribution in [1.82, 2.24) is 0 Å². The maximum absolute atomic E-state index is 13.1. The van der Waals surface area contributed by atoms with Crippen molar-refractivity contribution in [2.24, 2.45) is 0 Å². The Morgan fingerprint density at radius 1 is 1.24 bits per heavy atom. The summed E-state index contributed by atoms with van der Waals surface area (Å²) < 4.78 is 18.7. The number of rotatable bonds is 5. The molecule has 0 saturated heterocycles. The van der Waals surface area contributed by atoms with E-state index in [9.17, 15) is 9.18 Å². The quantitative estimate of drug-likeness (QED) is 0.918. The maximum Gasteiger partial charge on any atom is 0.336 e. The third-order valence-corrected chi connectivity index (χ3v) is 3.03. The molecule has 1 N–H and O–H groups in total. The Labute approximate surface area is 122 Å². The molecule has 0 spiro atoms. The molecule has 0 aliphatic heterocycles. The fourth-order valence-corrected chi connectivity index (χ4v) is 1.89. The first kappa shape index (κ1) is 14.8. The van der Waals surface area contributed by atoms with Gasteiger partial charge < -0.3 is 14.7 Å². The standard InChI is InChI=1S/C16H16FNO3/c1-18(2)13-4-3-5-14(9-13)21-10-11-6-7-12(17)8-15(11)16(19)20/h3-9H,10H2,1-2H3,(H,19,20). The van der Waals surface area contributed by atoms with Crippen molar-refractivity contribution in [1.29, 1.82) is 0 Å². The summed E-state index contributed by atoms with van der Waals surface area (Å²) in [6.07, 6.45) is 0. The van der Waals surface area contributed by atoms with Crippen molar-refractivity contribution >= 4 is 11.7 Å². The Morgan fingerprint density at radius 3 is 2.67 bits per heavy atom. The molecule has 0 aliphatic carbocycles. The topological polar surface area (TPSA) is 49.8 Å². The number of aromatic carboxylic acids is 1. The molecular formula is C16H16FNO3. The molecule has 0 unspecified atom stereocenters. The molecule has 0 aromatic heterocycles. The van der Waals surface area contributed by atoms with E-state index in [1.807, 2.05) is 37.2 Å². The predicted molar refractivity (Wildman–Crippen MR) is 78.5 cm³/mol. The SMILES string of the molecule is CN(C)c1cccc(OCc2ccc(F)cc2C(=O)O)c1. The highest BCUT2D eigenvalue weighted by Crippen LogP contribution is 2.21. The Bertz CT molecular complexity index is 656. The number of benzene rings is 2. The monoisotopic (exact) mass is 289 g/mol. The van der Waals surface area contributed by atoms with E-state index in [0.29, 0.717) is 11.3 Å². The zero-order chi connectivity index (χ0) is 15.4. The van der Waals surface area contributed by atoms with Crippen LogP contribution in [-0.4, -0.2) is 25.2 Å². The van der Waals surface area contributed by atoms with Crippen LogP contribution in [-0.2, 0) is 6.61 Å². The third-order valence-electron chi connectivity index (χ3n) is 3.03. The van der Waals surface area contributed by atoms with E-state index in [2.05, 4.69) is 0 Å². The molecule has 0 saturated carbocycles. The van der Waals surface area contributed by atoms with Gasteiger partial charge in [0.25, 0.3) is 0 Å². The zero-order valence-electron chi connectivity index (χ0n) is 11.8. The van der Waals surface area contributed by atoms with Gasteiger partial charge in [-0.05, 0) is 24.3 Å². The fraction of sp³-hybridized carbons (Fsp3) is 0.188. The number of halogens is 1. The van der Waals surface area contributed by atoms with E-state index in [1.165, 1.54) is 12.1 Å². The van der Waals surface area contributed by atoms with Crippen LogP contribution in [0.5, 0.6) is 5.75 Å². The van der Waals surface area contributed by atoms with Crippen LogP contribution >= 0.6 is 0 Å². The van der Waals surface area contributed by atoms with Crippen molar-refractivity contribution in [2.45, 2.75) is 6.61 Å². The summed E-state index contributed by atoms with van der Waals surface area (Å²) in [4.78, 5) is 13.0. The Balaban J connectivity index is 2.17. The van der Waals surface area contributed by atoms with Gasteiger partial charge in [-0.3, -0.25) is 0 Å². The maximum atomic E-state index is 13.1. The summed E-state index contributed by atoms with van der Waals surface area (Å²) >= 11 is 0. The number of anilines is 1. The first-order valence-corrected chi connectivity index (χ1v) is 6.39. The Kier molecular flexibility index (Phi) is 4.42. The van der Waals surface area contributed by atoms with Gasteiger partial charge in [0.05, 0.1) is 5.56 Å². The number of carbonyl (C=O) groups is 1. The summed E-state index contributed by atoms with van der Waals surface area (Å²) in [5, 5.41) is 9.08. The normalized spacial score (nSPS) is 10.2. The van der Waals surface area contributed by atoms with Crippen LogP contribution in [0.15, 0.2) is 42.5 Å². The summed E-state index contributed by atoms with van der Waals surface area (Å²) in [5.41, 5.74) is 1.32. The molecule has 2 aromatic rings. The highest BCUT2D eigenvalue weighted by Gasteiger charge is 2.12. The van der Waals surface area contributed by atoms with E-state index in [-0.39, 0.29) is 12.2 Å². The lowest BCUT2D eigenvalue weighted by atomic mass is 10.1. The molecule has 0 radical (unpaired) electrons. The summed E-state index contributed by atoms with van der Waals surface area (Å²) in [6.45, 7) is 0.0682. The van der Waals surface area contributed by atoms with Crippen molar-refractivity contribution in [3.8, 4) is 5.75 Å². The lowest BCUT2D eigenvalue weighted by Crippen LogP contribution is -2.09. The largest absolute Gasteiger partial charge is 0.489 e. The van der Waals surface area contributed by atoms with Gasteiger partial charge in [0, 0.05) is 31.4 Å². The van der Waals surface area contributed by atoms with Crippen LogP contribution in [0.25, 0.3) is 0 Å². The van der Waals surface area contributed by atoms with Crippen LogP contribution in [0, 0.1) is 5.82 Å². The molecule has 0 aliphatic rings. The molecule has 110 valence electrons. The van der Waals surface area contributed by atoms with E-state index in [1.54, 1.807) is 6.07 Å². The minimum atomic E-state index is -1.17. The average molecular weight is 289 g/mol. The number of carboxylic acid groups (broad SMARTS) is 1. The predicted octanol–water partition coefficient (Wildman–Crippen LogP) is 3.17. The van der Waals surface area contributed by atoms with E-state index in [0.717, 1.165) is 11.8 Å². The van der Waals surface area contributed by atoms with Gasteiger partial charge in [-0.15, -0.1) is 0 Å². The van der Waals surface area contributed by atoms with Crippen LogP contribution in [0.4, 0.5) is 10.1 Å². The van der Waals surface area contributed by atoms with Crippen LogP contribution < -0.4 is 9.64 Å². The van der Waals surface area contributed by atoms with Gasteiger partial charge in [-0.25, -0.2) is 9.18 Å². The van der Waals surface area contributed by atoms with Crippen molar-refractivity contribution in [2.75, 3.05) is 19.0 Å². The molecule has 21 heavy (non-hydrogen) atoms. The second kappa shape index (κ2) is 6.26. The van der Waals surface area contributed by atoms with Gasteiger partial charge in [0.15, 0.2) is 0 Å². The zero-order valence-corrected chi connectivity index (χ0v) is 11.8. The molecule has 0 amide bonds. The Morgan fingerprint density at radius 2 is 2.00 bits per heavy atom. The molecule has 2 rings (SSSR count). The second-order valence-electron chi connectivity index (χ2n) is 4.79. The molecule has 4 nitrogen and oxygen atoms in total. The lowest BCUT2D eigenvalue weighted by molar-refractivity contribution is 0.0693. The molecule has 0 atom stereocenters. The molecule has 0 bridgehead atoms. The van der Waals surface area contributed by atoms with Gasteiger partial charge in [-0.1, -0.05) is 12.1 Å². The van der Waals surface area contributed by atoms with Crippen LogP contribution in [0.2, 0.25) is 0 Å². The molecule has 2 aromatic carbocycles. The smallest absolute Gasteiger partial charge is 0.336 e. The minimum absolute atomic E-state index is 0.0682. The van der Waals surface area contributed by atoms with E-state index < -0.39 is 11.8 Å². The third kappa shape index (κ3) is 3.72. The highest BCUT2D eigenvalue weighted by molar-refractivity contribution is 5.89. The van der Waals surface area contributed by atoms with Gasteiger partial charge in [-0.2, -0.15) is 0 Å². The fourth-order valence-electron chi connectivity index (χ4n) is 1.89. The minimum Gasteiger partial charge on any atom is -0.489 e. The number of nitrogens with zero attached hydrogens (tertiary/aromatic N) is 1. The van der Waals surface area contributed by atoms with E-state index >= 15 is 0 Å². The summed E-state index contributed by atoms with van der Waals surface area (Å²) in [6, 6.07) is 11.1. The highest BCUT2D eigenvalue weighted by atomic mass is 19.1. The first-order valence-electron chi connectivity index (χ1n) is 6.39. The van der Waals surface area contributed by atoms with Gasteiger partial charge >= 0.3 is 5.97 Å². The number of ether oxygens (including phenoxy) is 1. The lowest BCUT2D eigenvalue weighted by Gasteiger charge is -2.14. The molecular weight excluding hydrogens is 273 g/mol. The first-order chi connectivity index (χ1) is 9.97. The van der Waals surface area contributed by atoms with Crippen molar-refractivity contribution < 1.29 is 19.0 Å².